The van der Waals surface area contributed by atoms with Crippen molar-refractivity contribution in [1.82, 2.24) is 14.8 Å². The fourth-order valence-corrected chi connectivity index (χ4v) is 2.60. The van der Waals surface area contributed by atoms with E-state index in [0.717, 1.165) is 54.9 Å². The van der Waals surface area contributed by atoms with Crippen LogP contribution in [0.1, 0.15) is 24.8 Å². The fraction of sp³-hybridized carbons (Fsp3) is 0.471. The van der Waals surface area contributed by atoms with Crippen LogP contribution in [0, 0.1) is 0 Å². The Balaban J connectivity index is 1.94. The van der Waals surface area contributed by atoms with Gasteiger partial charge in [0.25, 0.3) is 0 Å². The zero-order valence-corrected chi connectivity index (χ0v) is 14.8. The maximum absolute atomic E-state index is 6.06. The van der Waals surface area contributed by atoms with Crippen molar-refractivity contribution >= 4 is 17.6 Å². The van der Waals surface area contributed by atoms with E-state index in [1.807, 2.05) is 43.1 Å². The van der Waals surface area contributed by atoms with E-state index in [1.54, 1.807) is 6.26 Å². The highest BCUT2D eigenvalue weighted by molar-refractivity contribution is 6.30. The number of hydrogen-bond acceptors (Lipinski definition) is 2. The van der Waals surface area contributed by atoms with Crippen LogP contribution in [-0.2, 0) is 20.0 Å². The molecule has 0 saturated heterocycles. The molecule has 23 heavy (non-hydrogen) atoms. The van der Waals surface area contributed by atoms with E-state index in [-0.39, 0.29) is 0 Å². The third-order valence-corrected chi connectivity index (χ3v) is 3.76. The van der Waals surface area contributed by atoms with Gasteiger partial charge in [0.05, 0.1) is 17.8 Å². The molecule has 2 aromatic heterocycles. The van der Waals surface area contributed by atoms with Gasteiger partial charge in [0.15, 0.2) is 5.96 Å². The van der Waals surface area contributed by atoms with E-state index in [0.29, 0.717) is 0 Å². The van der Waals surface area contributed by atoms with Gasteiger partial charge < -0.3 is 19.2 Å². The minimum Gasteiger partial charge on any atom is -0.469 e. The Bertz CT molecular complexity index is 619. The molecular formula is C17H25ClN4O. The average Bonchev–Trinajstić information content (AvgIpc) is 3.12. The summed E-state index contributed by atoms with van der Waals surface area (Å²) in [6.45, 7) is 4.47. The van der Waals surface area contributed by atoms with Gasteiger partial charge in [-0.3, -0.25) is 4.99 Å². The lowest BCUT2D eigenvalue weighted by molar-refractivity contribution is 0.456. The molecule has 1 N–H and O–H groups in total. The highest BCUT2D eigenvalue weighted by Crippen LogP contribution is 2.14. The van der Waals surface area contributed by atoms with Crippen molar-refractivity contribution < 1.29 is 4.42 Å². The third kappa shape index (κ3) is 5.36. The lowest BCUT2D eigenvalue weighted by atomic mass is 10.3. The molecule has 6 heteroatoms. The molecular weight excluding hydrogens is 312 g/mol. The molecule has 0 aliphatic rings. The van der Waals surface area contributed by atoms with E-state index in [2.05, 4.69) is 22.1 Å². The molecule has 2 heterocycles. The first-order chi connectivity index (χ1) is 11.1. The maximum Gasteiger partial charge on any atom is 0.194 e. The van der Waals surface area contributed by atoms with Crippen LogP contribution in [0.5, 0.6) is 0 Å². The van der Waals surface area contributed by atoms with Crippen molar-refractivity contribution in [1.29, 1.82) is 0 Å². The number of aliphatic imine (C=N–C) groups is 1. The minimum atomic E-state index is 0.750. The summed E-state index contributed by atoms with van der Waals surface area (Å²) in [5, 5.41) is 4.17. The van der Waals surface area contributed by atoms with Crippen LogP contribution in [0.4, 0.5) is 0 Å². The van der Waals surface area contributed by atoms with Crippen LogP contribution < -0.4 is 5.32 Å². The second kappa shape index (κ2) is 8.67. The summed E-state index contributed by atoms with van der Waals surface area (Å²) in [5.41, 5.74) is 1.15. The van der Waals surface area contributed by atoms with Crippen LogP contribution in [0.15, 0.2) is 40.1 Å². The van der Waals surface area contributed by atoms with Gasteiger partial charge in [-0.1, -0.05) is 18.5 Å². The van der Waals surface area contributed by atoms with E-state index < -0.39 is 0 Å². The lowest BCUT2D eigenvalue weighted by Gasteiger charge is -2.22. The Morgan fingerprint density at radius 3 is 2.91 bits per heavy atom. The Kier molecular flexibility index (Phi) is 6.59. The van der Waals surface area contributed by atoms with Gasteiger partial charge >= 0.3 is 0 Å². The molecule has 0 radical (unpaired) electrons. The van der Waals surface area contributed by atoms with Crippen molar-refractivity contribution in [3.8, 4) is 0 Å². The molecule has 0 aliphatic heterocycles. The van der Waals surface area contributed by atoms with E-state index in [9.17, 15) is 0 Å². The van der Waals surface area contributed by atoms with Gasteiger partial charge in [-0.25, -0.2) is 0 Å². The highest BCUT2D eigenvalue weighted by atomic mass is 35.5. The summed E-state index contributed by atoms with van der Waals surface area (Å²) >= 11 is 6.06. The number of aromatic nitrogens is 1. The van der Waals surface area contributed by atoms with E-state index in [1.165, 1.54) is 0 Å². The Morgan fingerprint density at radius 1 is 1.48 bits per heavy atom. The molecule has 0 aromatic carbocycles. The standard InChI is InChI=1S/C17H25ClN4O/c1-4-8-19-17(20-9-7-16-6-5-10-23-16)22(3)13-15-11-14(18)12-21(15)2/h5-6,10-12H,4,7-9,13H2,1-3H3,(H,19,20). The van der Waals surface area contributed by atoms with Gasteiger partial charge in [0.1, 0.15) is 5.76 Å². The number of guanidine groups is 1. The van der Waals surface area contributed by atoms with Crippen LogP contribution in [-0.4, -0.2) is 35.6 Å². The first-order valence-electron chi connectivity index (χ1n) is 7.92. The Labute approximate surface area is 142 Å². The summed E-state index contributed by atoms with van der Waals surface area (Å²) in [6.07, 6.45) is 5.47. The number of halogens is 1. The number of nitrogens with zero attached hydrogens (tertiary/aromatic N) is 3. The summed E-state index contributed by atoms with van der Waals surface area (Å²) in [5.74, 6) is 1.87. The van der Waals surface area contributed by atoms with Crippen molar-refractivity contribution in [2.45, 2.75) is 26.3 Å². The molecule has 0 fully saturated rings. The van der Waals surface area contributed by atoms with Crippen molar-refractivity contribution in [2.75, 3.05) is 20.1 Å². The average molecular weight is 337 g/mol. The highest BCUT2D eigenvalue weighted by Gasteiger charge is 2.10. The Morgan fingerprint density at radius 2 is 2.30 bits per heavy atom. The van der Waals surface area contributed by atoms with Gasteiger partial charge in [-0.05, 0) is 24.6 Å². The maximum atomic E-state index is 6.06. The second-order valence-electron chi connectivity index (χ2n) is 5.58. The van der Waals surface area contributed by atoms with E-state index in [4.69, 9.17) is 16.0 Å². The lowest BCUT2D eigenvalue weighted by Crippen LogP contribution is -2.40. The molecule has 0 atom stereocenters. The molecule has 126 valence electrons. The van der Waals surface area contributed by atoms with Gasteiger partial charge in [-0.2, -0.15) is 0 Å². The zero-order valence-electron chi connectivity index (χ0n) is 14.1. The normalized spacial score (nSPS) is 11.7. The molecule has 2 aromatic rings. The number of furan rings is 1. The molecule has 0 spiro atoms. The number of rotatable bonds is 7. The molecule has 0 saturated carbocycles. The molecule has 0 aliphatic carbocycles. The largest absolute Gasteiger partial charge is 0.469 e. The van der Waals surface area contributed by atoms with Crippen molar-refractivity contribution in [3.63, 3.8) is 0 Å². The molecule has 0 bridgehead atoms. The molecule has 2 rings (SSSR count). The van der Waals surface area contributed by atoms with E-state index >= 15 is 0 Å². The van der Waals surface area contributed by atoms with Crippen LogP contribution >= 0.6 is 11.6 Å². The summed E-state index contributed by atoms with van der Waals surface area (Å²) in [4.78, 5) is 6.77. The van der Waals surface area contributed by atoms with Gasteiger partial charge in [0.2, 0.25) is 0 Å². The monoisotopic (exact) mass is 336 g/mol. The second-order valence-corrected chi connectivity index (χ2v) is 6.01. The van der Waals surface area contributed by atoms with Crippen molar-refractivity contribution in [3.05, 3.63) is 47.1 Å². The topological polar surface area (TPSA) is 45.7 Å². The first-order valence-corrected chi connectivity index (χ1v) is 8.30. The predicted octanol–water partition coefficient (Wildman–Crippen LogP) is 3.30. The number of aryl methyl sites for hydroxylation is 1. The third-order valence-electron chi connectivity index (χ3n) is 3.56. The summed E-state index contributed by atoms with van der Waals surface area (Å²) < 4.78 is 7.40. The van der Waals surface area contributed by atoms with Crippen LogP contribution in [0.25, 0.3) is 0 Å². The first kappa shape index (κ1) is 17.5. The van der Waals surface area contributed by atoms with Gasteiger partial charge in [0, 0.05) is 45.5 Å². The van der Waals surface area contributed by atoms with Gasteiger partial charge in [-0.15, -0.1) is 0 Å². The summed E-state index contributed by atoms with van der Waals surface area (Å²) in [7, 11) is 4.04. The SMILES string of the molecule is CCCN=C(NCCc1ccco1)N(C)Cc1cc(Cl)cn1C. The Hall–Kier alpha value is -1.88. The number of nitrogens with one attached hydrogen (secondary N) is 1. The van der Waals surface area contributed by atoms with Crippen LogP contribution in [0.3, 0.4) is 0 Å². The molecule has 0 amide bonds. The summed E-state index contributed by atoms with van der Waals surface area (Å²) in [6, 6.07) is 5.88. The molecule has 5 nitrogen and oxygen atoms in total. The fourth-order valence-electron chi connectivity index (χ4n) is 2.32. The van der Waals surface area contributed by atoms with Crippen molar-refractivity contribution in [2.24, 2.45) is 12.0 Å². The smallest absolute Gasteiger partial charge is 0.194 e. The zero-order chi connectivity index (χ0) is 16.7. The number of hydrogen-bond donors (Lipinski definition) is 1. The predicted molar refractivity (Wildman–Crippen MR) is 94.9 cm³/mol. The van der Waals surface area contributed by atoms with Crippen LogP contribution in [0.2, 0.25) is 5.02 Å². The quantitative estimate of drug-likeness (QED) is 0.623. The minimum absolute atomic E-state index is 0.750. The molecule has 0 unspecified atom stereocenters.